The molecule has 4 rings (SSSR count). The number of nitrogens with zero attached hydrogens (tertiary/aromatic N) is 1. The monoisotopic (exact) mass is 356 g/mol. The molecule has 1 N–H and O–H groups in total. The lowest BCUT2D eigenvalue weighted by atomic mass is 9.93. The Labute approximate surface area is 149 Å². The van der Waals surface area contributed by atoms with E-state index in [1.54, 1.807) is 12.1 Å². The van der Waals surface area contributed by atoms with Crippen LogP contribution < -0.4 is 5.32 Å². The maximum atomic E-state index is 11.0. The molecule has 4 nitrogen and oxygen atoms in total. The summed E-state index contributed by atoms with van der Waals surface area (Å²) < 4.78 is 0. The van der Waals surface area contributed by atoms with Crippen molar-refractivity contribution in [2.75, 3.05) is 0 Å². The molecule has 0 radical (unpaired) electrons. The Morgan fingerprint density at radius 1 is 1.21 bits per heavy atom. The highest BCUT2D eigenvalue weighted by Crippen LogP contribution is 2.47. The molecular weight excluding hydrogens is 344 g/mol. The number of hydrogen-bond acceptors (Lipinski definition) is 3. The van der Waals surface area contributed by atoms with E-state index in [0.717, 1.165) is 34.5 Å². The summed E-state index contributed by atoms with van der Waals surface area (Å²) in [6.07, 6.45) is 1.70. The quantitative estimate of drug-likeness (QED) is 0.476. The molecule has 1 aliphatic carbocycles. The molecule has 6 heteroatoms. The number of nitrogens with one attached hydrogen (secondary N) is 1. The summed E-state index contributed by atoms with van der Waals surface area (Å²) in [5.74, 6) is 0. The molecule has 120 valence electrons. The molecule has 1 unspecified atom stereocenters. The summed E-state index contributed by atoms with van der Waals surface area (Å²) in [5.41, 5.74) is 5.55. The smallest absolute Gasteiger partial charge is 0.287 e. The van der Waals surface area contributed by atoms with E-state index in [4.69, 9.17) is 23.8 Å². The first kappa shape index (κ1) is 15.3. The minimum atomic E-state index is -0.462. The van der Waals surface area contributed by atoms with Crippen LogP contribution in [-0.2, 0) is 0 Å². The van der Waals surface area contributed by atoms with E-state index in [-0.39, 0.29) is 16.8 Å². The minimum Gasteiger partial charge on any atom is -0.369 e. The molecule has 2 aromatic rings. The number of benzene rings is 2. The second-order valence-electron chi connectivity index (χ2n) is 5.91. The number of hydrogen-bond donors (Lipinski definition) is 1. The van der Waals surface area contributed by atoms with Gasteiger partial charge in [-0.2, -0.15) is 0 Å². The van der Waals surface area contributed by atoms with Crippen molar-refractivity contribution in [1.82, 2.24) is 5.32 Å². The van der Waals surface area contributed by atoms with Crippen LogP contribution in [0.2, 0.25) is 5.02 Å². The van der Waals surface area contributed by atoms with Crippen molar-refractivity contribution in [3.05, 3.63) is 79.9 Å². The van der Waals surface area contributed by atoms with Crippen molar-refractivity contribution in [2.24, 2.45) is 0 Å². The lowest BCUT2D eigenvalue weighted by Gasteiger charge is -2.26. The average molecular weight is 357 g/mol. The normalized spacial score (nSPS) is 18.9. The number of nitro groups is 1. The van der Waals surface area contributed by atoms with Gasteiger partial charge in [0.25, 0.3) is 5.69 Å². The van der Waals surface area contributed by atoms with Gasteiger partial charge in [-0.15, -0.1) is 0 Å². The van der Waals surface area contributed by atoms with Gasteiger partial charge in [0.05, 0.1) is 16.0 Å². The highest BCUT2D eigenvalue weighted by molar-refractivity contribution is 7.80. The van der Waals surface area contributed by atoms with Gasteiger partial charge in [0.2, 0.25) is 0 Å². The van der Waals surface area contributed by atoms with Gasteiger partial charge >= 0.3 is 0 Å². The summed E-state index contributed by atoms with van der Waals surface area (Å²) in [7, 11) is 0. The van der Waals surface area contributed by atoms with Crippen molar-refractivity contribution < 1.29 is 4.92 Å². The second kappa shape index (κ2) is 5.69. The lowest BCUT2D eigenvalue weighted by Crippen LogP contribution is -2.31. The number of halogens is 1. The van der Waals surface area contributed by atoms with Gasteiger partial charge in [0.15, 0.2) is 0 Å². The summed E-state index contributed by atoms with van der Waals surface area (Å²) in [6.45, 7) is 0. The van der Waals surface area contributed by atoms with E-state index in [1.807, 2.05) is 12.1 Å². The Hall–Kier alpha value is -2.24. The number of nitro benzene ring substituents is 1. The molecule has 1 aliphatic heterocycles. The maximum Gasteiger partial charge on any atom is 0.287 e. The van der Waals surface area contributed by atoms with E-state index < -0.39 is 4.92 Å². The van der Waals surface area contributed by atoms with Crippen LogP contribution in [0.25, 0.3) is 5.57 Å². The Morgan fingerprint density at radius 3 is 2.75 bits per heavy atom. The molecule has 2 aliphatic rings. The Bertz CT molecular complexity index is 923. The molecule has 2 aromatic carbocycles. The fraction of sp³-hybridized carbons (Fsp3) is 0.167. The first-order valence-electron chi connectivity index (χ1n) is 7.62. The average Bonchev–Trinajstić information content (AvgIpc) is 2.88. The molecule has 1 fully saturated rings. The van der Waals surface area contributed by atoms with Crippen LogP contribution in [0, 0.1) is 10.1 Å². The van der Waals surface area contributed by atoms with Gasteiger partial charge in [-0.25, -0.2) is 0 Å². The topological polar surface area (TPSA) is 55.2 Å². The molecule has 0 bridgehead atoms. The fourth-order valence-corrected chi connectivity index (χ4v) is 4.02. The van der Waals surface area contributed by atoms with E-state index in [2.05, 4.69) is 17.4 Å². The van der Waals surface area contributed by atoms with E-state index in [0.29, 0.717) is 0 Å². The van der Waals surface area contributed by atoms with Crippen LogP contribution in [-0.4, -0.2) is 9.91 Å². The van der Waals surface area contributed by atoms with E-state index >= 15 is 0 Å². The maximum absolute atomic E-state index is 11.0. The zero-order valence-corrected chi connectivity index (χ0v) is 14.2. The van der Waals surface area contributed by atoms with Crippen LogP contribution >= 0.6 is 23.8 Å². The number of thiocarbonyl (C=S) groups is 1. The van der Waals surface area contributed by atoms with E-state index in [1.165, 1.54) is 17.2 Å². The Balaban J connectivity index is 1.90. The Kier molecular flexibility index (Phi) is 3.62. The van der Waals surface area contributed by atoms with Crippen molar-refractivity contribution in [3.63, 3.8) is 0 Å². The van der Waals surface area contributed by atoms with Gasteiger partial charge in [-0.3, -0.25) is 10.1 Å². The predicted octanol–water partition coefficient (Wildman–Crippen LogP) is 4.82. The first-order valence-corrected chi connectivity index (χ1v) is 8.41. The number of fused-ring (bicyclic) bond motifs is 3. The number of rotatable bonds is 2. The summed E-state index contributed by atoms with van der Waals surface area (Å²) in [6, 6.07) is 13.2. The van der Waals surface area contributed by atoms with Gasteiger partial charge in [0, 0.05) is 12.5 Å². The third-order valence-corrected chi connectivity index (χ3v) is 5.20. The molecule has 24 heavy (non-hydrogen) atoms. The zero-order chi connectivity index (χ0) is 16.8. The highest BCUT2D eigenvalue weighted by atomic mass is 35.5. The van der Waals surface area contributed by atoms with Crippen LogP contribution in [0.3, 0.4) is 0 Å². The summed E-state index contributed by atoms with van der Waals surface area (Å²) in [5, 5.41) is 14.6. The fourth-order valence-electron chi connectivity index (χ4n) is 3.55. The van der Waals surface area contributed by atoms with Crippen molar-refractivity contribution in [3.8, 4) is 0 Å². The van der Waals surface area contributed by atoms with Crippen molar-refractivity contribution in [1.29, 1.82) is 0 Å². The molecule has 1 heterocycles. The largest absolute Gasteiger partial charge is 0.369 e. The molecular formula is C18H13ClN2O2S. The molecule has 0 saturated carbocycles. The SMILES string of the molecule is O=[N+]([O-])c1ccc(C2=C3CCC(=S)NC3c3ccccc32)cc1Cl. The third kappa shape index (κ3) is 2.32. The van der Waals surface area contributed by atoms with Gasteiger partial charge in [-0.05, 0) is 46.4 Å². The lowest BCUT2D eigenvalue weighted by molar-refractivity contribution is -0.384. The standard InChI is InChI=1S/C18H13ClN2O2S/c19-14-9-10(5-7-15(14)21(22)23)17-11-3-1-2-4-12(11)18-13(17)6-8-16(24)20-18/h1-5,7,9,18H,6,8H2,(H,20,24). The van der Waals surface area contributed by atoms with E-state index in [9.17, 15) is 10.1 Å². The summed E-state index contributed by atoms with van der Waals surface area (Å²) in [4.78, 5) is 11.4. The van der Waals surface area contributed by atoms with Crippen LogP contribution in [0.5, 0.6) is 0 Å². The predicted molar refractivity (Wildman–Crippen MR) is 98.3 cm³/mol. The highest BCUT2D eigenvalue weighted by Gasteiger charge is 2.34. The van der Waals surface area contributed by atoms with Crippen LogP contribution in [0.4, 0.5) is 5.69 Å². The molecule has 1 atom stereocenters. The van der Waals surface area contributed by atoms with Crippen molar-refractivity contribution in [2.45, 2.75) is 18.9 Å². The third-order valence-electron chi connectivity index (χ3n) is 4.57. The molecule has 1 saturated heterocycles. The van der Waals surface area contributed by atoms with Crippen LogP contribution in [0.15, 0.2) is 48.0 Å². The Morgan fingerprint density at radius 2 is 2.00 bits per heavy atom. The molecule has 0 spiro atoms. The first-order chi connectivity index (χ1) is 11.6. The summed E-state index contributed by atoms with van der Waals surface area (Å²) >= 11 is 11.5. The van der Waals surface area contributed by atoms with Gasteiger partial charge < -0.3 is 5.32 Å². The minimum absolute atomic E-state index is 0.0724. The van der Waals surface area contributed by atoms with Crippen LogP contribution in [0.1, 0.15) is 35.6 Å². The van der Waals surface area contributed by atoms with Crippen molar-refractivity contribution >= 4 is 40.1 Å². The van der Waals surface area contributed by atoms with Gasteiger partial charge in [0.1, 0.15) is 5.02 Å². The molecule has 0 aromatic heterocycles. The van der Waals surface area contributed by atoms with Gasteiger partial charge in [-0.1, -0.05) is 48.1 Å². The molecule has 0 amide bonds. The zero-order valence-electron chi connectivity index (χ0n) is 12.6. The second-order valence-corrected chi connectivity index (χ2v) is 6.81. The number of piperidine rings is 1.